The van der Waals surface area contributed by atoms with Crippen LogP contribution in [0.5, 0.6) is 0 Å². The van der Waals surface area contributed by atoms with Crippen LogP contribution in [0.15, 0.2) is 28.7 Å². The highest BCUT2D eigenvalue weighted by Crippen LogP contribution is 2.17. The fraction of sp³-hybridized carbons (Fsp3) is 0.588. The second-order valence-corrected chi connectivity index (χ2v) is 6.95. The molecule has 0 aliphatic carbocycles. The van der Waals surface area contributed by atoms with Gasteiger partial charge < -0.3 is 10.6 Å². The van der Waals surface area contributed by atoms with Gasteiger partial charge in [-0.15, -0.1) is 12.4 Å². The Bertz CT molecular complexity index is 446. The van der Waals surface area contributed by atoms with Crippen molar-refractivity contribution in [2.75, 3.05) is 13.1 Å². The number of piperidine rings is 1. The van der Waals surface area contributed by atoms with Crippen molar-refractivity contribution >= 4 is 34.2 Å². The summed E-state index contributed by atoms with van der Waals surface area (Å²) in [7, 11) is 0. The molecule has 1 saturated heterocycles. The number of halogens is 2. The second-order valence-electron chi connectivity index (χ2n) is 6.03. The van der Waals surface area contributed by atoms with E-state index in [4.69, 9.17) is 0 Å². The van der Waals surface area contributed by atoms with Gasteiger partial charge in [0.1, 0.15) is 0 Å². The summed E-state index contributed by atoms with van der Waals surface area (Å²) in [5, 5.41) is 6.48. The van der Waals surface area contributed by atoms with Gasteiger partial charge in [-0.2, -0.15) is 0 Å². The molecule has 2 rings (SSSR count). The number of carbonyl (C=O) groups is 1. The summed E-state index contributed by atoms with van der Waals surface area (Å²) >= 11 is 3.44. The minimum absolute atomic E-state index is 0. The van der Waals surface area contributed by atoms with Crippen LogP contribution in [0.1, 0.15) is 38.2 Å². The first kappa shape index (κ1) is 19.5. The lowest BCUT2D eigenvalue weighted by atomic mass is 9.93. The molecule has 0 bridgehead atoms. The maximum atomic E-state index is 12.0. The number of benzene rings is 1. The van der Waals surface area contributed by atoms with E-state index in [1.807, 2.05) is 12.1 Å². The lowest BCUT2D eigenvalue weighted by Gasteiger charge is -2.22. The number of hydrogen-bond donors (Lipinski definition) is 2. The molecule has 0 spiro atoms. The monoisotopic (exact) mass is 388 g/mol. The van der Waals surface area contributed by atoms with E-state index in [1.54, 1.807) is 0 Å². The zero-order chi connectivity index (χ0) is 15.1. The highest BCUT2D eigenvalue weighted by atomic mass is 79.9. The van der Waals surface area contributed by atoms with Gasteiger partial charge in [0.15, 0.2) is 0 Å². The lowest BCUT2D eigenvalue weighted by molar-refractivity contribution is -0.122. The third-order valence-corrected chi connectivity index (χ3v) is 4.63. The molecule has 1 atom stereocenters. The third-order valence-electron chi connectivity index (χ3n) is 4.10. The van der Waals surface area contributed by atoms with Gasteiger partial charge in [0.2, 0.25) is 5.91 Å². The first-order chi connectivity index (χ1) is 10.1. The van der Waals surface area contributed by atoms with Crippen LogP contribution in [-0.4, -0.2) is 25.0 Å². The van der Waals surface area contributed by atoms with Crippen molar-refractivity contribution < 1.29 is 4.79 Å². The van der Waals surface area contributed by atoms with Crippen LogP contribution in [0.2, 0.25) is 0 Å². The number of carbonyl (C=O) groups excluding carboxylic acids is 1. The topological polar surface area (TPSA) is 41.1 Å². The largest absolute Gasteiger partial charge is 0.353 e. The number of amides is 1. The van der Waals surface area contributed by atoms with E-state index in [0.29, 0.717) is 6.42 Å². The van der Waals surface area contributed by atoms with Crippen molar-refractivity contribution in [1.82, 2.24) is 10.6 Å². The van der Waals surface area contributed by atoms with Gasteiger partial charge in [-0.3, -0.25) is 4.79 Å². The molecule has 2 N–H and O–H groups in total. The molecule has 1 aliphatic heterocycles. The quantitative estimate of drug-likeness (QED) is 0.779. The van der Waals surface area contributed by atoms with Gasteiger partial charge >= 0.3 is 0 Å². The molecule has 1 heterocycles. The molecule has 0 aromatic heterocycles. The normalized spacial score (nSPS) is 16.6. The van der Waals surface area contributed by atoms with E-state index < -0.39 is 0 Å². The fourth-order valence-electron chi connectivity index (χ4n) is 2.88. The Morgan fingerprint density at radius 1 is 1.32 bits per heavy atom. The van der Waals surface area contributed by atoms with Gasteiger partial charge in [0.05, 0.1) is 0 Å². The number of nitrogens with one attached hydrogen (secondary N) is 2. The average Bonchev–Trinajstić information content (AvgIpc) is 2.48. The van der Waals surface area contributed by atoms with Crippen LogP contribution >= 0.6 is 28.3 Å². The van der Waals surface area contributed by atoms with E-state index in [2.05, 4.69) is 45.6 Å². The summed E-state index contributed by atoms with van der Waals surface area (Å²) in [6, 6.07) is 8.47. The van der Waals surface area contributed by atoms with Crippen LogP contribution < -0.4 is 10.6 Å². The molecule has 22 heavy (non-hydrogen) atoms. The summed E-state index contributed by atoms with van der Waals surface area (Å²) < 4.78 is 1.09. The smallest absolute Gasteiger partial charge is 0.220 e. The summed E-state index contributed by atoms with van der Waals surface area (Å²) in [6.07, 6.45) is 4.99. The van der Waals surface area contributed by atoms with Crippen molar-refractivity contribution in [2.24, 2.45) is 5.92 Å². The molecule has 1 amide bonds. The molecule has 0 radical (unpaired) electrons. The Kier molecular flexibility index (Phi) is 9.06. The fourth-order valence-corrected chi connectivity index (χ4v) is 3.14. The zero-order valence-electron chi connectivity index (χ0n) is 13.1. The average molecular weight is 390 g/mol. The highest BCUT2D eigenvalue weighted by Gasteiger charge is 2.15. The third kappa shape index (κ3) is 7.12. The molecule has 1 aromatic carbocycles. The molecule has 5 heteroatoms. The van der Waals surface area contributed by atoms with Gasteiger partial charge in [-0.1, -0.05) is 28.1 Å². The maximum absolute atomic E-state index is 12.0. The van der Waals surface area contributed by atoms with Crippen LogP contribution in [0, 0.1) is 5.92 Å². The van der Waals surface area contributed by atoms with Gasteiger partial charge in [-0.25, -0.2) is 0 Å². The Morgan fingerprint density at radius 3 is 2.59 bits per heavy atom. The Balaban J connectivity index is 0.00000242. The minimum atomic E-state index is 0. The van der Waals surface area contributed by atoms with Crippen LogP contribution in [0.3, 0.4) is 0 Å². The SMILES string of the molecule is CC(Cc1ccc(Br)cc1)NC(=O)CCC1CCNCC1.Cl. The van der Waals surface area contributed by atoms with Gasteiger partial charge in [-0.05, 0) is 69.3 Å². The first-order valence-electron chi connectivity index (χ1n) is 7.88. The second kappa shape index (κ2) is 10.2. The minimum Gasteiger partial charge on any atom is -0.353 e. The van der Waals surface area contributed by atoms with E-state index >= 15 is 0 Å². The summed E-state index contributed by atoms with van der Waals surface area (Å²) in [5.41, 5.74) is 1.25. The molecule has 1 unspecified atom stereocenters. The van der Waals surface area contributed by atoms with E-state index in [9.17, 15) is 4.79 Å². The summed E-state index contributed by atoms with van der Waals surface area (Å²) in [5.74, 6) is 0.914. The predicted octanol–water partition coefficient (Wildman–Crippen LogP) is 3.70. The first-order valence-corrected chi connectivity index (χ1v) is 8.67. The summed E-state index contributed by atoms with van der Waals surface area (Å²) in [4.78, 5) is 12.0. The van der Waals surface area contributed by atoms with Crippen molar-refractivity contribution in [3.63, 3.8) is 0 Å². The van der Waals surface area contributed by atoms with Gasteiger partial charge in [0, 0.05) is 16.9 Å². The van der Waals surface area contributed by atoms with Crippen molar-refractivity contribution in [3.8, 4) is 0 Å². The van der Waals surface area contributed by atoms with Crippen molar-refractivity contribution in [2.45, 2.75) is 45.1 Å². The highest BCUT2D eigenvalue weighted by molar-refractivity contribution is 9.10. The summed E-state index contributed by atoms with van der Waals surface area (Å²) in [6.45, 7) is 4.28. The van der Waals surface area contributed by atoms with Crippen LogP contribution in [-0.2, 0) is 11.2 Å². The molecule has 0 saturated carbocycles. The zero-order valence-corrected chi connectivity index (χ0v) is 15.5. The lowest BCUT2D eigenvalue weighted by Crippen LogP contribution is -2.35. The Morgan fingerprint density at radius 2 is 1.95 bits per heavy atom. The van der Waals surface area contributed by atoms with E-state index in [-0.39, 0.29) is 24.4 Å². The van der Waals surface area contributed by atoms with Gasteiger partial charge in [0.25, 0.3) is 0 Å². The van der Waals surface area contributed by atoms with Crippen LogP contribution in [0.4, 0.5) is 0 Å². The molecule has 124 valence electrons. The molecule has 3 nitrogen and oxygen atoms in total. The number of rotatable bonds is 6. The molecule has 1 aromatic rings. The Hall–Kier alpha value is -0.580. The Labute approximate surface area is 148 Å². The molecular weight excluding hydrogens is 364 g/mol. The number of hydrogen-bond acceptors (Lipinski definition) is 2. The molecule has 1 fully saturated rings. The van der Waals surface area contributed by atoms with Crippen molar-refractivity contribution in [1.29, 1.82) is 0 Å². The van der Waals surface area contributed by atoms with E-state index in [0.717, 1.165) is 36.3 Å². The van der Waals surface area contributed by atoms with E-state index in [1.165, 1.54) is 18.4 Å². The molecular formula is C17H26BrClN2O. The molecule has 1 aliphatic rings. The standard InChI is InChI=1S/C17H25BrN2O.ClH/c1-13(12-15-2-5-16(18)6-3-15)20-17(21)7-4-14-8-10-19-11-9-14;/h2-3,5-6,13-14,19H,4,7-12H2,1H3,(H,20,21);1H. The van der Waals surface area contributed by atoms with Crippen LogP contribution in [0.25, 0.3) is 0 Å². The maximum Gasteiger partial charge on any atom is 0.220 e. The predicted molar refractivity (Wildman–Crippen MR) is 97.5 cm³/mol. The van der Waals surface area contributed by atoms with Crippen molar-refractivity contribution in [3.05, 3.63) is 34.3 Å².